The van der Waals surface area contributed by atoms with Crippen LogP contribution in [0, 0.1) is 0 Å². The zero-order valence-corrected chi connectivity index (χ0v) is 8.00. The van der Waals surface area contributed by atoms with Crippen LogP contribution in [0.25, 0.3) is 0 Å². The van der Waals surface area contributed by atoms with Gasteiger partial charge in [-0.1, -0.05) is 12.4 Å². The lowest BCUT2D eigenvalue weighted by molar-refractivity contribution is 0.150. The molecule has 1 heterocycles. The van der Waals surface area contributed by atoms with E-state index in [4.69, 9.17) is 15.8 Å². The third-order valence-electron chi connectivity index (χ3n) is 1.89. The minimum absolute atomic E-state index is 0.364. The van der Waals surface area contributed by atoms with Crippen LogP contribution >= 0.6 is 0 Å². The smallest absolute Gasteiger partial charge is 0.182 e. The van der Waals surface area contributed by atoms with Gasteiger partial charge in [-0.15, -0.1) is 0 Å². The predicted octanol–water partition coefficient (Wildman–Crippen LogP) is 0.0873. The molecule has 5 heteroatoms. The molecule has 1 N–H and O–H groups in total. The monoisotopic (exact) mass is 186 g/mol. The van der Waals surface area contributed by atoms with Gasteiger partial charge in [-0.2, -0.15) is 0 Å². The molecule has 0 saturated carbocycles. The number of rotatable bonds is 5. The van der Waals surface area contributed by atoms with Gasteiger partial charge in [0.25, 0.3) is 0 Å². The molecule has 0 aliphatic heterocycles. The molecule has 1 aromatic rings. The summed E-state index contributed by atoms with van der Waals surface area (Å²) in [4.78, 5) is 5.41. The predicted molar refractivity (Wildman–Crippen MR) is 57.1 cm³/mol. The molecule has 1 aromatic heterocycles. The second-order valence-corrected chi connectivity index (χ2v) is 3.09. The van der Waals surface area contributed by atoms with Crippen LogP contribution in [0.3, 0.4) is 0 Å². The average Bonchev–Trinajstić information content (AvgIpc) is 2.19. The largest absolute Gasteiger partial charge is 0.387 e. The van der Waals surface area contributed by atoms with Gasteiger partial charge in [0.2, 0.25) is 0 Å². The first-order valence-electron chi connectivity index (χ1n) is 4.51. The standard InChI is InChI=1S/C9H12B2N2O/c10-3-5-13(11)7-9(14)8-2-1-4-12-6-8/h1-2,4,6,9,14H,3,5,7H2. The summed E-state index contributed by atoms with van der Waals surface area (Å²) in [5.74, 6) is 0. The number of aliphatic hydroxyl groups excluding tert-OH is 1. The highest BCUT2D eigenvalue weighted by molar-refractivity contribution is 6.09. The number of nitrogens with zero attached hydrogens (tertiary/aromatic N) is 2. The van der Waals surface area contributed by atoms with Crippen LogP contribution < -0.4 is 0 Å². The van der Waals surface area contributed by atoms with Crippen molar-refractivity contribution < 1.29 is 5.11 Å². The van der Waals surface area contributed by atoms with Gasteiger partial charge in [-0.3, -0.25) is 4.98 Å². The molecule has 0 aliphatic carbocycles. The molecule has 0 fully saturated rings. The van der Waals surface area contributed by atoms with E-state index in [-0.39, 0.29) is 0 Å². The summed E-state index contributed by atoms with van der Waals surface area (Å²) in [6.07, 6.45) is 3.16. The van der Waals surface area contributed by atoms with Gasteiger partial charge in [0, 0.05) is 24.5 Å². The third kappa shape index (κ3) is 3.52. The normalized spacial score (nSPS) is 13.0. The van der Waals surface area contributed by atoms with E-state index in [2.05, 4.69) is 4.98 Å². The second-order valence-electron chi connectivity index (χ2n) is 3.09. The van der Waals surface area contributed by atoms with E-state index in [1.54, 1.807) is 18.5 Å². The first-order valence-corrected chi connectivity index (χ1v) is 4.51. The molecule has 70 valence electrons. The highest BCUT2D eigenvalue weighted by atomic mass is 16.3. The van der Waals surface area contributed by atoms with E-state index < -0.39 is 6.10 Å². The summed E-state index contributed by atoms with van der Waals surface area (Å²) in [7, 11) is 10.9. The number of aliphatic hydroxyl groups is 1. The van der Waals surface area contributed by atoms with E-state index in [0.29, 0.717) is 19.4 Å². The zero-order chi connectivity index (χ0) is 10.4. The molecule has 0 spiro atoms. The number of pyridine rings is 1. The van der Waals surface area contributed by atoms with Crippen molar-refractivity contribution in [1.82, 2.24) is 9.79 Å². The van der Waals surface area contributed by atoms with Crippen molar-refractivity contribution in [3.63, 3.8) is 0 Å². The Hall–Kier alpha value is -0.800. The lowest BCUT2D eigenvalue weighted by Gasteiger charge is -2.20. The van der Waals surface area contributed by atoms with Crippen molar-refractivity contribution >= 4 is 15.8 Å². The Balaban J connectivity index is 2.46. The third-order valence-corrected chi connectivity index (χ3v) is 1.89. The van der Waals surface area contributed by atoms with E-state index >= 15 is 0 Å². The quantitative estimate of drug-likeness (QED) is 0.661. The second kappa shape index (κ2) is 5.83. The maximum atomic E-state index is 9.72. The van der Waals surface area contributed by atoms with Crippen LogP contribution in [0.1, 0.15) is 11.7 Å². The van der Waals surface area contributed by atoms with Crippen LogP contribution in [0.4, 0.5) is 0 Å². The Morgan fingerprint density at radius 2 is 2.36 bits per heavy atom. The fraction of sp³-hybridized carbons (Fsp3) is 0.444. The van der Waals surface area contributed by atoms with Crippen LogP contribution in [-0.4, -0.2) is 43.8 Å². The van der Waals surface area contributed by atoms with Gasteiger partial charge in [-0.25, -0.2) is 0 Å². The number of aromatic nitrogens is 1. The molecule has 0 bridgehead atoms. The van der Waals surface area contributed by atoms with Crippen molar-refractivity contribution in [2.45, 2.75) is 12.4 Å². The Kier molecular flexibility index (Phi) is 4.70. The summed E-state index contributed by atoms with van der Waals surface area (Å²) in [5, 5.41) is 9.72. The SMILES string of the molecule is [B]CCN([B])CC(O)c1cccnc1. The molecule has 0 saturated heterocycles. The van der Waals surface area contributed by atoms with E-state index in [0.717, 1.165) is 5.56 Å². The Bertz CT molecular complexity index is 258. The molecule has 1 unspecified atom stereocenters. The molecule has 14 heavy (non-hydrogen) atoms. The fourth-order valence-electron chi connectivity index (χ4n) is 1.16. The molecular formula is C9H12B2N2O. The van der Waals surface area contributed by atoms with Gasteiger partial charge in [0.05, 0.1) is 14.0 Å². The zero-order valence-electron chi connectivity index (χ0n) is 8.00. The van der Waals surface area contributed by atoms with Gasteiger partial charge < -0.3 is 9.92 Å². The molecule has 3 nitrogen and oxygen atoms in total. The van der Waals surface area contributed by atoms with E-state index in [9.17, 15) is 5.11 Å². The highest BCUT2D eigenvalue weighted by Gasteiger charge is 2.09. The minimum Gasteiger partial charge on any atom is -0.387 e. The molecule has 0 aromatic carbocycles. The van der Waals surface area contributed by atoms with Crippen molar-refractivity contribution in [1.29, 1.82) is 0 Å². The topological polar surface area (TPSA) is 36.4 Å². The summed E-state index contributed by atoms with van der Waals surface area (Å²) in [5.41, 5.74) is 0.764. The van der Waals surface area contributed by atoms with Crippen LogP contribution in [0.2, 0.25) is 6.32 Å². The highest BCUT2D eigenvalue weighted by Crippen LogP contribution is 2.11. The average molecular weight is 186 g/mol. The van der Waals surface area contributed by atoms with Crippen LogP contribution in [0.15, 0.2) is 24.5 Å². The van der Waals surface area contributed by atoms with E-state index in [1.165, 1.54) is 4.81 Å². The first kappa shape index (κ1) is 11.3. The van der Waals surface area contributed by atoms with Gasteiger partial charge >= 0.3 is 0 Å². The Morgan fingerprint density at radius 1 is 1.57 bits per heavy atom. The molecular weight excluding hydrogens is 174 g/mol. The maximum absolute atomic E-state index is 9.72. The molecule has 0 amide bonds. The molecule has 0 aliphatic rings. The lowest BCUT2D eigenvalue weighted by Crippen LogP contribution is -2.26. The maximum Gasteiger partial charge on any atom is 0.182 e. The molecule has 1 rings (SSSR count). The van der Waals surface area contributed by atoms with Crippen LogP contribution in [0.5, 0.6) is 0 Å². The van der Waals surface area contributed by atoms with Gasteiger partial charge in [0.15, 0.2) is 7.98 Å². The molecule has 1 atom stereocenters. The van der Waals surface area contributed by atoms with Gasteiger partial charge in [0.1, 0.15) is 0 Å². The van der Waals surface area contributed by atoms with E-state index in [1.807, 2.05) is 6.07 Å². The van der Waals surface area contributed by atoms with Crippen molar-refractivity contribution in [2.24, 2.45) is 0 Å². The summed E-state index contributed by atoms with van der Waals surface area (Å²) in [6.45, 7) is 0.931. The van der Waals surface area contributed by atoms with Crippen molar-refractivity contribution in [3.05, 3.63) is 30.1 Å². The van der Waals surface area contributed by atoms with Crippen molar-refractivity contribution in [2.75, 3.05) is 13.1 Å². The van der Waals surface area contributed by atoms with Crippen LogP contribution in [-0.2, 0) is 0 Å². The number of hydrogen-bond acceptors (Lipinski definition) is 3. The Morgan fingerprint density at radius 3 is 2.93 bits per heavy atom. The molecule has 4 radical (unpaired) electrons. The summed E-state index contributed by atoms with van der Waals surface area (Å²) < 4.78 is 0. The Labute approximate surface area is 87.0 Å². The van der Waals surface area contributed by atoms with Crippen molar-refractivity contribution in [3.8, 4) is 0 Å². The van der Waals surface area contributed by atoms with Gasteiger partial charge in [-0.05, 0) is 12.6 Å². The minimum atomic E-state index is -0.611. The summed E-state index contributed by atoms with van der Waals surface area (Å²) in [6, 6.07) is 3.59. The number of hydrogen-bond donors (Lipinski definition) is 1. The fourth-order valence-corrected chi connectivity index (χ4v) is 1.16. The lowest BCUT2D eigenvalue weighted by atomic mass is 10.0. The first-order chi connectivity index (χ1) is 6.74. The summed E-state index contributed by atoms with van der Waals surface area (Å²) >= 11 is 0.